The molecule has 166 valence electrons. The zero-order chi connectivity index (χ0) is 22.4. The van der Waals surface area contributed by atoms with Gasteiger partial charge in [-0.15, -0.1) is 0 Å². The lowest BCUT2D eigenvalue weighted by molar-refractivity contribution is -0.127. The summed E-state index contributed by atoms with van der Waals surface area (Å²) in [5, 5.41) is 6.08. The summed E-state index contributed by atoms with van der Waals surface area (Å²) in [6, 6.07) is -0.322. The van der Waals surface area contributed by atoms with Crippen molar-refractivity contribution in [3.05, 3.63) is 0 Å². The van der Waals surface area contributed by atoms with Crippen LogP contribution in [0.15, 0.2) is 0 Å². The number of carbonyl (C=O) groups is 3. The third kappa shape index (κ3) is 11.9. The van der Waals surface area contributed by atoms with E-state index in [2.05, 4.69) is 48.5 Å². The summed E-state index contributed by atoms with van der Waals surface area (Å²) in [7, 11) is 1.75. The highest BCUT2D eigenvalue weighted by molar-refractivity contribution is 7.81. The van der Waals surface area contributed by atoms with Crippen molar-refractivity contribution in [2.45, 2.75) is 65.3 Å². The van der Waals surface area contributed by atoms with Gasteiger partial charge in [0.1, 0.15) is 11.6 Å². The van der Waals surface area contributed by atoms with E-state index in [1.807, 2.05) is 27.7 Å². The summed E-state index contributed by atoms with van der Waals surface area (Å²) in [6.45, 7) is 12.0. The van der Waals surface area contributed by atoms with Gasteiger partial charge in [0.15, 0.2) is 5.78 Å². The molecule has 0 aliphatic heterocycles. The van der Waals surface area contributed by atoms with Gasteiger partial charge < -0.3 is 10.6 Å². The standard InChI is InChI=1S/C12H23NO2S2.C8H17NOS/c1-7(2)12(17)11(13-4)10(15)5-9(6-16)8(3)14;1-4-9-8(7(3)10)6(2)5-11/h7,9,11-13,16-17H,5-6H2,1-4H3;6,8-9,11H,4-5H2,1-3H3/t9-,11+,12+;6-,8-/m00/s1. The van der Waals surface area contributed by atoms with Crippen molar-refractivity contribution in [1.29, 1.82) is 0 Å². The van der Waals surface area contributed by atoms with Crippen LogP contribution in [0.4, 0.5) is 0 Å². The summed E-state index contributed by atoms with van der Waals surface area (Å²) in [5.74, 6) is 1.75. The number of ketones is 3. The number of likely N-dealkylation sites (N-methyl/N-ethyl adjacent to an activating group) is 2. The van der Waals surface area contributed by atoms with Gasteiger partial charge in [0.25, 0.3) is 0 Å². The minimum atomic E-state index is -0.305. The van der Waals surface area contributed by atoms with Gasteiger partial charge in [0.05, 0.1) is 12.1 Å². The number of rotatable bonds is 13. The SMILES string of the molecule is CCN[C@H](C(C)=O)[C@@H](C)CS.CN[C@H](C(=O)C[C@@H](CS)C(C)=O)[C@H](S)C(C)C. The van der Waals surface area contributed by atoms with E-state index < -0.39 is 0 Å². The predicted octanol–water partition coefficient (Wildman–Crippen LogP) is 2.74. The number of Topliss-reactive ketones (excluding diaryl/α,β-unsaturated/α-hetero) is 3. The Hall–Kier alpha value is -0.0200. The van der Waals surface area contributed by atoms with E-state index in [0.717, 1.165) is 12.3 Å². The molecule has 28 heavy (non-hydrogen) atoms. The third-order valence-electron chi connectivity index (χ3n) is 4.64. The third-order valence-corrected chi connectivity index (χ3v) is 6.56. The summed E-state index contributed by atoms with van der Waals surface area (Å²) in [4.78, 5) is 34.4. The first-order valence-corrected chi connectivity index (χ1v) is 11.6. The Morgan fingerprint density at radius 3 is 1.75 bits per heavy atom. The van der Waals surface area contributed by atoms with Crippen molar-refractivity contribution in [3.8, 4) is 0 Å². The normalized spacial score (nSPS) is 16.4. The number of nitrogens with one attached hydrogen (secondary N) is 2. The van der Waals surface area contributed by atoms with Crippen LogP contribution >= 0.6 is 37.9 Å². The molecule has 0 amide bonds. The molecule has 0 heterocycles. The average molecular weight is 453 g/mol. The first-order valence-electron chi connectivity index (χ1n) is 9.82. The lowest BCUT2D eigenvalue weighted by Crippen LogP contribution is -2.45. The molecule has 8 heteroatoms. The molecule has 5 atom stereocenters. The van der Waals surface area contributed by atoms with Crippen molar-refractivity contribution >= 4 is 55.2 Å². The van der Waals surface area contributed by atoms with Gasteiger partial charge in [-0.3, -0.25) is 14.4 Å². The molecule has 0 aromatic rings. The number of hydrogen-bond donors (Lipinski definition) is 5. The van der Waals surface area contributed by atoms with Gasteiger partial charge in [0.2, 0.25) is 0 Å². The molecular weight excluding hydrogens is 412 g/mol. The molecule has 0 aliphatic carbocycles. The smallest absolute Gasteiger partial charge is 0.151 e. The van der Waals surface area contributed by atoms with Gasteiger partial charge in [-0.2, -0.15) is 37.9 Å². The van der Waals surface area contributed by atoms with Crippen LogP contribution in [0.2, 0.25) is 0 Å². The van der Waals surface area contributed by atoms with Crippen LogP contribution in [-0.4, -0.2) is 59.8 Å². The Labute approximate surface area is 188 Å². The van der Waals surface area contributed by atoms with Crippen LogP contribution in [0.5, 0.6) is 0 Å². The summed E-state index contributed by atoms with van der Waals surface area (Å²) < 4.78 is 0. The summed E-state index contributed by atoms with van der Waals surface area (Å²) >= 11 is 12.7. The van der Waals surface area contributed by atoms with E-state index in [0.29, 0.717) is 17.6 Å². The minimum Gasteiger partial charge on any atom is -0.310 e. The van der Waals surface area contributed by atoms with E-state index in [1.165, 1.54) is 6.92 Å². The molecule has 0 radical (unpaired) electrons. The molecule has 0 saturated heterocycles. The maximum absolute atomic E-state index is 12.1. The second-order valence-corrected chi connectivity index (χ2v) is 8.79. The monoisotopic (exact) mass is 452 g/mol. The predicted molar refractivity (Wildman–Crippen MR) is 129 cm³/mol. The molecular formula is C20H40N2O3S3. The first-order chi connectivity index (χ1) is 13.0. The second-order valence-electron chi connectivity index (χ2n) is 7.47. The fourth-order valence-electron chi connectivity index (χ4n) is 2.68. The maximum Gasteiger partial charge on any atom is 0.151 e. The molecule has 0 fully saturated rings. The van der Waals surface area contributed by atoms with E-state index in [9.17, 15) is 14.4 Å². The fourth-order valence-corrected chi connectivity index (χ4v) is 3.60. The summed E-state index contributed by atoms with van der Waals surface area (Å²) in [5.41, 5.74) is 0. The molecule has 0 unspecified atom stereocenters. The van der Waals surface area contributed by atoms with Crippen LogP contribution in [0.1, 0.15) is 48.0 Å². The number of thiol groups is 3. The highest BCUT2D eigenvalue weighted by Gasteiger charge is 2.29. The van der Waals surface area contributed by atoms with Crippen LogP contribution in [0.3, 0.4) is 0 Å². The minimum absolute atomic E-state index is 0.0162. The Kier molecular flexibility index (Phi) is 18.0. The van der Waals surface area contributed by atoms with E-state index >= 15 is 0 Å². The van der Waals surface area contributed by atoms with Gasteiger partial charge >= 0.3 is 0 Å². The Bertz CT molecular complexity index is 476. The van der Waals surface area contributed by atoms with Crippen molar-refractivity contribution in [3.63, 3.8) is 0 Å². The van der Waals surface area contributed by atoms with Gasteiger partial charge in [0, 0.05) is 23.3 Å². The zero-order valence-electron chi connectivity index (χ0n) is 18.4. The second kappa shape index (κ2) is 16.7. The van der Waals surface area contributed by atoms with Crippen LogP contribution < -0.4 is 10.6 Å². The van der Waals surface area contributed by atoms with Gasteiger partial charge in [-0.25, -0.2) is 0 Å². The molecule has 5 nitrogen and oxygen atoms in total. The van der Waals surface area contributed by atoms with Crippen LogP contribution in [0.25, 0.3) is 0 Å². The highest BCUT2D eigenvalue weighted by Crippen LogP contribution is 2.18. The number of carbonyl (C=O) groups excluding carboxylic acids is 3. The quantitative estimate of drug-likeness (QED) is 0.278. The molecule has 2 N–H and O–H groups in total. The Balaban J connectivity index is 0. The fraction of sp³-hybridized carbons (Fsp3) is 0.850. The summed E-state index contributed by atoms with van der Waals surface area (Å²) in [6.07, 6.45) is 0.244. The van der Waals surface area contributed by atoms with Gasteiger partial charge in [-0.1, -0.05) is 27.7 Å². The maximum atomic E-state index is 12.1. The van der Waals surface area contributed by atoms with Gasteiger partial charge in [-0.05, 0) is 45.0 Å². The van der Waals surface area contributed by atoms with E-state index in [1.54, 1.807) is 14.0 Å². The topological polar surface area (TPSA) is 75.3 Å². The van der Waals surface area contributed by atoms with E-state index in [4.69, 9.17) is 0 Å². The van der Waals surface area contributed by atoms with Crippen LogP contribution in [-0.2, 0) is 14.4 Å². The molecule has 0 saturated carbocycles. The molecule has 0 aromatic carbocycles. The lowest BCUT2D eigenvalue weighted by atomic mass is 9.92. The van der Waals surface area contributed by atoms with Crippen molar-refractivity contribution < 1.29 is 14.4 Å². The first kappa shape index (κ1) is 30.2. The lowest BCUT2D eigenvalue weighted by Gasteiger charge is -2.25. The largest absolute Gasteiger partial charge is 0.310 e. The van der Waals surface area contributed by atoms with E-state index in [-0.39, 0.29) is 47.0 Å². The highest BCUT2D eigenvalue weighted by atomic mass is 32.1. The molecule has 0 aromatic heterocycles. The van der Waals surface area contributed by atoms with Crippen molar-refractivity contribution in [1.82, 2.24) is 10.6 Å². The zero-order valence-corrected chi connectivity index (χ0v) is 21.0. The van der Waals surface area contributed by atoms with Crippen molar-refractivity contribution in [2.24, 2.45) is 17.8 Å². The molecule has 0 aliphatic rings. The average Bonchev–Trinajstić information content (AvgIpc) is 2.63. The molecule has 0 spiro atoms. The van der Waals surface area contributed by atoms with Crippen molar-refractivity contribution in [2.75, 3.05) is 25.1 Å². The molecule has 0 bridgehead atoms. The van der Waals surface area contributed by atoms with Crippen LogP contribution in [0, 0.1) is 17.8 Å². The Morgan fingerprint density at radius 1 is 0.929 bits per heavy atom. The Morgan fingerprint density at radius 2 is 1.46 bits per heavy atom. The molecule has 0 rings (SSSR count). The number of hydrogen-bond acceptors (Lipinski definition) is 8.